The van der Waals surface area contributed by atoms with Gasteiger partial charge in [-0.2, -0.15) is 13.0 Å². The Morgan fingerprint density at radius 3 is 1.63 bits per heavy atom. The van der Waals surface area contributed by atoms with E-state index in [9.17, 15) is 110 Å². The highest BCUT2D eigenvalue weighted by atomic mass is 32.2. The minimum Gasteiger partial charge on any atom is -0.481 e. The van der Waals surface area contributed by atoms with Gasteiger partial charge < -0.3 is 61.3 Å². The molecule has 3 heterocycles. The SMILES string of the molecule is CCOCCCC(=O)[C@H](Cc1ccc(/C(C)=N/OCCNC(=O)CCCCCN2/C(=C/C=C/C=C/C=C/C3=[N+](CC)c4ccc(C)cc4C3(C)C)C(C)(C)c3cc(S(=O)(=O)O)ccc32)cc1)NC(=O)[C@@H](CCC(=O)O)CC(=O)[C@@H](CCC(=O)O)NC(=O)[C@@H](CCC(=O)O)CC(=O)[C@@H](CCC(=O)O)NC(=O)[C@@H](CCC(=O)O)CC(=O)CCN1C(=O)C=CC1=O. The second-order valence-electron chi connectivity index (χ2n) is 31.7. The summed E-state index contributed by atoms with van der Waals surface area (Å²) in [4.78, 5) is 203. The zero-order chi connectivity index (χ0) is 90.9. The van der Waals surface area contributed by atoms with Crippen LogP contribution in [0.25, 0.3) is 0 Å². The molecule has 6 atom stereocenters. The lowest BCUT2D eigenvalue weighted by atomic mass is 9.81. The Bertz CT molecular complexity index is 4730. The molecule has 666 valence electrons. The second-order valence-corrected chi connectivity index (χ2v) is 33.1. The van der Waals surface area contributed by atoms with Gasteiger partial charge in [0, 0.05) is 161 Å². The van der Waals surface area contributed by atoms with Crippen LogP contribution in [0, 0.1) is 24.7 Å². The number of hydrogen-bond acceptors (Lipinski definition) is 21. The van der Waals surface area contributed by atoms with Crippen molar-refractivity contribution < 1.29 is 125 Å². The fraction of sp³-hybridized carbons (Fsp3) is 0.494. The molecule has 0 saturated heterocycles. The third kappa shape index (κ3) is 31.3. The van der Waals surface area contributed by atoms with Crippen LogP contribution >= 0.6 is 0 Å². The summed E-state index contributed by atoms with van der Waals surface area (Å²) in [5, 5.41) is 62.8. The van der Waals surface area contributed by atoms with Crippen LogP contribution in [-0.2, 0) is 109 Å². The quantitative estimate of drug-likeness (QED) is 0.00479. The largest absolute Gasteiger partial charge is 0.481 e. The van der Waals surface area contributed by atoms with Gasteiger partial charge in [-0.25, -0.2) is 0 Å². The molecule has 3 aromatic rings. The molecule has 10 N–H and O–H groups in total. The van der Waals surface area contributed by atoms with Gasteiger partial charge in [0.05, 0.1) is 40.7 Å². The third-order valence-electron chi connectivity index (χ3n) is 21.7. The van der Waals surface area contributed by atoms with E-state index in [-0.39, 0.29) is 68.2 Å². The maximum absolute atomic E-state index is 14.5. The Kier molecular flexibility index (Phi) is 39.2. The molecule has 0 spiro atoms. The Labute approximate surface area is 715 Å². The predicted octanol–water partition coefficient (Wildman–Crippen LogP) is 8.85. The summed E-state index contributed by atoms with van der Waals surface area (Å²) in [5.41, 5.74) is 8.16. The summed E-state index contributed by atoms with van der Waals surface area (Å²) in [6.07, 6.45) is 8.62. The van der Waals surface area contributed by atoms with Gasteiger partial charge in [-0.1, -0.05) is 91.7 Å². The first kappa shape index (κ1) is 100. The summed E-state index contributed by atoms with van der Waals surface area (Å²) in [6, 6.07) is 13.0. The van der Waals surface area contributed by atoms with Gasteiger partial charge in [0.2, 0.25) is 29.3 Å². The van der Waals surface area contributed by atoms with E-state index in [1.807, 2.05) is 50.3 Å². The highest BCUT2D eigenvalue weighted by Gasteiger charge is 2.45. The fourth-order valence-corrected chi connectivity index (χ4v) is 15.4. The molecule has 0 saturated carbocycles. The minimum atomic E-state index is -4.48. The molecule has 6 rings (SSSR count). The molecule has 0 aromatic heterocycles. The number of ketones is 4. The van der Waals surface area contributed by atoms with Gasteiger partial charge in [-0.05, 0) is 146 Å². The number of aliphatic carboxylic acids is 5. The maximum atomic E-state index is 14.5. The number of allylic oxidation sites excluding steroid dienone is 8. The highest BCUT2D eigenvalue weighted by Crippen LogP contribution is 2.49. The molecule has 34 heteroatoms. The number of hydrogen-bond donors (Lipinski definition) is 10. The number of aryl methyl sites for hydroxylation is 1. The second kappa shape index (κ2) is 48.2. The molecular weight excluding hydrogens is 1610 g/mol. The maximum Gasteiger partial charge on any atom is 0.303 e. The minimum absolute atomic E-state index is 0.0179. The number of carboxylic acid groups (broad SMARTS) is 5. The van der Waals surface area contributed by atoms with Crippen molar-refractivity contribution in [3.63, 3.8) is 0 Å². The number of amides is 6. The molecule has 3 aromatic carbocycles. The average molecular weight is 1730 g/mol. The van der Waals surface area contributed by atoms with Crippen LogP contribution in [0.2, 0.25) is 0 Å². The standard InChI is InChI=1S/C89H114N8O25S/c1-9-95-70-35-24-56(3)50-65(70)88(5,6)75(95)21-15-12-11-13-16-22-76-89(7,8)66-55-64(123(118,119)120)32-36-71(66)96(76)46-18-14-17-23-77(102)90-45-49-122-94-57(4)59-27-25-58(26-28-59)51-69(72(99)20-19-48-121-10-2)93-87(117)62(31-41-82(109)110)54-74(101)68(34-43-84(113)114)92-86(116)61(30-40-81(107)108)53-73(100)67(33-42-83(111)112)91-85(115)60(29-39-80(105)106)52-63(98)44-47-97-78(103)37-38-79(97)104/h11-13,15-16,21-22,24-28,32,35-38,50,55,60-62,67-69H,9-10,14,17-20,23,29-31,33-34,39-49,51-54H2,1-8H3,(H9-,90,91,92,93,102,105,106,107,108,109,110,111,112,113,114,115,116,117,118,119,120)/p+1/b94-57+/t60-,61-,62-,67+,68+,69-/m0/s1. The molecule has 0 radical (unpaired) electrons. The number of rotatable bonds is 57. The van der Waals surface area contributed by atoms with Crippen LogP contribution in [-0.4, -0.2) is 212 Å². The Hall–Kier alpha value is -11.8. The van der Waals surface area contributed by atoms with Gasteiger partial charge >= 0.3 is 29.8 Å². The molecule has 33 nitrogen and oxygen atoms in total. The van der Waals surface area contributed by atoms with Gasteiger partial charge in [0.15, 0.2) is 23.1 Å². The molecule has 0 fully saturated rings. The summed E-state index contributed by atoms with van der Waals surface area (Å²) < 4.78 is 42.4. The smallest absolute Gasteiger partial charge is 0.303 e. The van der Waals surface area contributed by atoms with Gasteiger partial charge in [-0.3, -0.25) is 81.4 Å². The number of carbonyl (C=O) groups excluding carboxylic acids is 10. The number of ether oxygens (including phenoxy) is 1. The number of nitrogens with zero attached hydrogens (tertiary/aromatic N) is 4. The monoisotopic (exact) mass is 1730 g/mol. The number of nitrogens with one attached hydrogen (secondary N) is 4. The van der Waals surface area contributed by atoms with Crippen LogP contribution in [0.5, 0.6) is 0 Å². The molecular formula is C89H115N8O25S+. The number of imide groups is 1. The van der Waals surface area contributed by atoms with E-state index < -0.39 is 224 Å². The van der Waals surface area contributed by atoms with Crippen molar-refractivity contribution >= 4 is 121 Å². The molecule has 0 unspecified atom stereocenters. The fourth-order valence-electron chi connectivity index (χ4n) is 14.9. The van der Waals surface area contributed by atoms with Crippen molar-refractivity contribution in [2.75, 3.05) is 50.9 Å². The number of carbonyl (C=O) groups is 15. The van der Waals surface area contributed by atoms with Crippen molar-refractivity contribution in [2.24, 2.45) is 22.9 Å². The van der Waals surface area contributed by atoms with E-state index in [0.717, 1.165) is 40.5 Å². The van der Waals surface area contributed by atoms with E-state index in [1.54, 1.807) is 44.2 Å². The topological polar surface area (TPSA) is 500 Å². The summed E-state index contributed by atoms with van der Waals surface area (Å²) >= 11 is 0. The zero-order valence-electron chi connectivity index (χ0n) is 70.9. The number of anilines is 1. The molecule has 6 amide bonds. The average Bonchev–Trinajstić information content (AvgIpc) is 1.59. The Morgan fingerprint density at radius 2 is 1.09 bits per heavy atom. The summed E-state index contributed by atoms with van der Waals surface area (Å²) in [7, 11) is -4.48. The van der Waals surface area contributed by atoms with Gasteiger partial charge in [0.25, 0.3) is 21.9 Å². The number of carboxylic acids is 5. The van der Waals surface area contributed by atoms with Crippen molar-refractivity contribution in [1.82, 2.24) is 26.2 Å². The number of benzene rings is 3. The lowest BCUT2D eigenvalue weighted by molar-refractivity contribution is -0.433. The van der Waals surface area contributed by atoms with Gasteiger partial charge in [-0.15, -0.1) is 0 Å². The molecule has 0 bridgehead atoms. The number of Topliss-reactive ketones (excluding diaryl/α,β-unsaturated/α-hetero) is 4. The Morgan fingerprint density at radius 1 is 0.553 bits per heavy atom. The first-order valence-corrected chi connectivity index (χ1v) is 42.7. The van der Waals surface area contributed by atoms with Crippen molar-refractivity contribution in [1.29, 1.82) is 0 Å². The molecule has 123 heavy (non-hydrogen) atoms. The van der Waals surface area contributed by atoms with Crippen molar-refractivity contribution in [3.05, 3.63) is 149 Å². The van der Waals surface area contributed by atoms with Crippen LogP contribution in [0.15, 0.2) is 131 Å². The van der Waals surface area contributed by atoms with E-state index in [4.69, 9.17) is 9.57 Å². The van der Waals surface area contributed by atoms with Crippen LogP contribution in [0.1, 0.15) is 205 Å². The van der Waals surface area contributed by atoms with Gasteiger partial charge in [0.1, 0.15) is 18.9 Å². The summed E-state index contributed by atoms with van der Waals surface area (Å²) in [6.45, 7) is 17.9. The lowest BCUT2D eigenvalue weighted by Crippen LogP contribution is -2.49. The van der Waals surface area contributed by atoms with E-state index >= 15 is 0 Å². The van der Waals surface area contributed by atoms with Crippen LogP contribution in [0.4, 0.5) is 11.4 Å². The van der Waals surface area contributed by atoms with Crippen LogP contribution in [0.3, 0.4) is 0 Å². The zero-order valence-corrected chi connectivity index (χ0v) is 71.7. The molecule has 3 aliphatic heterocycles. The van der Waals surface area contributed by atoms with Crippen molar-refractivity contribution in [2.45, 2.75) is 224 Å². The number of fused-ring (bicyclic) bond motifs is 2. The first-order valence-electron chi connectivity index (χ1n) is 41.3. The van der Waals surface area contributed by atoms with E-state index in [0.29, 0.717) is 49.3 Å². The highest BCUT2D eigenvalue weighted by molar-refractivity contribution is 7.85. The lowest BCUT2D eigenvalue weighted by Gasteiger charge is -2.27. The van der Waals surface area contributed by atoms with E-state index in [2.05, 4.69) is 87.9 Å². The normalized spacial score (nSPS) is 16.0. The first-order chi connectivity index (χ1) is 58.2. The predicted molar refractivity (Wildman–Crippen MR) is 452 cm³/mol. The Balaban J connectivity index is 1.06. The van der Waals surface area contributed by atoms with Crippen molar-refractivity contribution in [3.8, 4) is 0 Å². The van der Waals surface area contributed by atoms with Crippen LogP contribution < -0.4 is 26.2 Å². The molecule has 0 aliphatic carbocycles. The molecule has 3 aliphatic rings. The third-order valence-corrected chi connectivity index (χ3v) is 22.6. The number of oxime groups is 1. The summed E-state index contributed by atoms with van der Waals surface area (Å²) in [5.74, 6) is -20.0. The number of unbranched alkanes of at least 4 members (excludes halogenated alkanes) is 2. The van der Waals surface area contributed by atoms with E-state index in [1.165, 1.54) is 34.7 Å².